The van der Waals surface area contributed by atoms with E-state index in [4.69, 9.17) is 15.2 Å². The van der Waals surface area contributed by atoms with Crippen LogP contribution in [0.5, 0.6) is 5.75 Å². The number of nitrogens with zero attached hydrogens (tertiary/aromatic N) is 1. The number of hydrogen-bond donors (Lipinski definition) is 3. The Kier molecular flexibility index (Phi) is 10.1. The Hall–Kier alpha value is -4.08. The summed E-state index contributed by atoms with van der Waals surface area (Å²) in [7, 11) is 1.56. The summed E-state index contributed by atoms with van der Waals surface area (Å²) in [5.74, 6) is -0.836. The van der Waals surface area contributed by atoms with E-state index in [0.29, 0.717) is 29.8 Å². The highest BCUT2D eigenvalue weighted by molar-refractivity contribution is 5.99. The van der Waals surface area contributed by atoms with Crippen LogP contribution in [0.3, 0.4) is 0 Å². The Balaban J connectivity index is 2.02. The molecule has 2 unspecified atom stereocenters. The van der Waals surface area contributed by atoms with Crippen LogP contribution in [0.2, 0.25) is 0 Å². The largest absolute Gasteiger partial charge is 0.497 e. The summed E-state index contributed by atoms with van der Waals surface area (Å²) in [5.41, 5.74) is 6.64. The highest BCUT2D eigenvalue weighted by Gasteiger charge is 2.42. The number of methoxy groups -OCH3 is 1. The standard InChI is InChI=1S/C30H40N4O6/c1-19-9-6-7-12-23(19)26(27(36)32-20-13-15-22(39-5)16-14-20)34(21-10-8-11-21)28(37)24(17-18-25(31)35)33-29(38)40-30(2,3)4/h6-7,9,12-16,21,24,26H,8,10-11,17-18H2,1-5H3,(H2,31,35)(H,32,36)(H,33,38). The Morgan fingerprint density at radius 1 is 1.05 bits per heavy atom. The Bertz CT molecular complexity index is 1200. The molecular formula is C30H40N4O6. The number of amides is 4. The van der Waals surface area contributed by atoms with E-state index < -0.39 is 41.5 Å². The molecule has 1 saturated carbocycles. The SMILES string of the molecule is COc1ccc(NC(=O)C(c2ccccc2C)N(C(=O)C(CCC(N)=O)NC(=O)OC(C)(C)C)C2CCC2)cc1. The predicted molar refractivity (Wildman–Crippen MR) is 152 cm³/mol. The molecule has 10 heteroatoms. The summed E-state index contributed by atoms with van der Waals surface area (Å²) in [6.07, 6.45) is 1.37. The van der Waals surface area contributed by atoms with Crippen LogP contribution in [0.4, 0.5) is 10.5 Å². The summed E-state index contributed by atoms with van der Waals surface area (Å²) >= 11 is 0. The zero-order valence-electron chi connectivity index (χ0n) is 23.9. The molecule has 216 valence electrons. The first-order valence-electron chi connectivity index (χ1n) is 13.5. The van der Waals surface area contributed by atoms with Crippen molar-refractivity contribution in [3.8, 4) is 5.75 Å². The first kappa shape index (κ1) is 30.5. The lowest BCUT2D eigenvalue weighted by Gasteiger charge is -2.44. The van der Waals surface area contributed by atoms with Crippen LogP contribution in [0.25, 0.3) is 0 Å². The van der Waals surface area contributed by atoms with E-state index in [0.717, 1.165) is 12.0 Å². The summed E-state index contributed by atoms with van der Waals surface area (Å²) in [4.78, 5) is 54.2. The minimum atomic E-state index is -1.12. The van der Waals surface area contributed by atoms with Gasteiger partial charge in [0.1, 0.15) is 23.4 Å². The lowest BCUT2D eigenvalue weighted by Crippen LogP contribution is -2.57. The number of anilines is 1. The van der Waals surface area contributed by atoms with Crippen molar-refractivity contribution in [2.45, 2.75) is 83.5 Å². The molecule has 0 saturated heterocycles. The van der Waals surface area contributed by atoms with E-state index >= 15 is 0 Å². The van der Waals surface area contributed by atoms with Gasteiger partial charge >= 0.3 is 6.09 Å². The van der Waals surface area contributed by atoms with E-state index in [1.54, 1.807) is 57.0 Å². The normalized spacial score (nSPS) is 14.7. The molecule has 10 nitrogen and oxygen atoms in total. The van der Waals surface area contributed by atoms with E-state index in [1.807, 2.05) is 31.2 Å². The molecule has 0 heterocycles. The van der Waals surface area contributed by atoms with Crippen molar-refractivity contribution in [3.05, 3.63) is 59.7 Å². The van der Waals surface area contributed by atoms with Gasteiger partial charge in [-0.25, -0.2) is 4.79 Å². The fourth-order valence-electron chi connectivity index (χ4n) is 4.55. The second-order valence-electron chi connectivity index (χ2n) is 11.0. The van der Waals surface area contributed by atoms with Crippen molar-refractivity contribution in [1.29, 1.82) is 0 Å². The summed E-state index contributed by atoms with van der Waals surface area (Å²) < 4.78 is 10.6. The molecule has 4 amide bonds. The Labute approximate surface area is 235 Å². The number of carbonyl (C=O) groups is 4. The molecule has 3 rings (SSSR count). The van der Waals surface area contributed by atoms with Crippen LogP contribution in [-0.4, -0.2) is 53.5 Å². The zero-order valence-corrected chi connectivity index (χ0v) is 23.9. The van der Waals surface area contributed by atoms with Crippen LogP contribution >= 0.6 is 0 Å². The minimum absolute atomic E-state index is 0.0305. The van der Waals surface area contributed by atoms with Crippen molar-refractivity contribution in [3.63, 3.8) is 0 Å². The second-order valence-corrected chi connectivity index (χ2v) is 11.0. The average molecular weight is 553 g/mol. The Morgan fingerprint density at radius 3 is 2.23 bits per heavy atom. The molecule has 1 aliphatic carbocycles. The van der Waals surface area contributed by atoms with Gasteiger partial charge in [0.05, 0.1) is 7.11 Å². The summed E-state index contributed by atoms with van der Waals surface area (Å²) in [6.45, 7) is 7.03. The van der Waals surface area contributed by atoms with Gasteiger partial charge in [0, 0.05) is 18.2 Å². The van der Waals surface area contributed by atoms with E-state index in [-0.39, 0.29) is 18.9 Å². The third-order valence-electron chi connectivity index (χ3n) is 6.76. The van der Waals surface area contributed by atoms with E-state index in [9.17, 15) is 19.2 Å². The lowest BCUT2D eigenvalue weighted by molar-refractivity contribution is -0.146. The van der Waals surface area contributed by atoms with Gasteiger partial charge in [-0.15, -0.1) is 0 Å². The van der Waals surface area contributed by atoms with Gasteiger partial charge in [-0.1, -0.05) is 24.3 Å². The van der Waals surface area contributed by atoms with Crippen LogP contribution in [0.1, 0.15) is 70.0 Å². The van der Waals surface area contributed by atoms with Gasteiger partial charge in [0.25, 0.3) is 5.91 Å². The highest BCUT2D eigenvalue weighted by Crippen LogP contribution is 2.35. The number of carbonyl (C=O) groups excluding carboxylic acids is 4. The maximum absolute atomic E-state index is 14.3. The molecule has 1 aliphatic rings. The minimum Gasteiger partial charge on any atom is -0.497 e. The number of ether oxygens (including phenoxy) is 2. The molecule has 0 aliphatic heterocycles. The lowest BCUT2D eigenvalue weighted by atomic mass is 9.87. The molecular weight excluding hydrogens is 512 g/mol. The quantitative estimate of drug-likeness (QED) is 0.381. The number of hydrogen-bond acceptors (Lipinski definition) is 6. The topological polar surface area (TPSA) is 140 Å². The number of rotatable bonds is 11. The molecule has 40 heavy (non-hydrogen) atoms. The van der Waals surface area contributed by atoms with Crippen molar-refractivity contribution in [1.82, 2.24) is 10.2 Å². The Morgan fingerprint density at radius 2 is 1.70 bits per heavy atom. The number of nitrogens with two attached hydrogens (primary N) is 1. The van der Waals surface area contributed by atoms with Crippen LogP contribution in [0.15, 0.2) is 48.5 Å². The number of benzene rings is 2. The smallest absolute Gasteiger partial charge is 0.408 e. The van der Waals surface area contributed by atoms with Gasteiger partial charge < -0.3 is 30.7 Å². The van der Waals surface area contributed by atoms with E-state index in [2.05, 4.69) is 10.6 Å². The molecule has 0 spiro atoms. The second kappa shape index (κ2) is 13.3. The predicted octanol–water partition coefficient (Wildman–Crippen LogP) is 4.22. The first-order valence-corrected chi connectivity index (χ1v) is 13.5. The molecule has 2 aromatic rings. The third kappa shape index (κ3) is 8.21. The van der Waals surface area contributed by atoms with Crippen molar-refractivity contribution in [2.75, 3.05) is 12.4 Å². The van der Waals surface area contributed by atoms with Gasteiger partial charge in [-0.3, -0.25) is 14.4 Å². The van der Waals surface area contributed by atoms with E-state index in [1.165, 1.54) is 0 Å². The van der Waals surface area contributed by atoms with Crippen LogP contribution < -0.4 is 21.1 Å². The molecule has 1 fully saturated rings. The van der Waals surface area contributed by atoms with Gasteiger partial charge in [-0.05, 0) is 88.8 Å². The van der Waals surface area contributed by atoms with Crippen LogP contribution in [0, 0.1) is 6.92 Å². The number of alkyl carbamates (subject to hydrolysis) is 1. The maximum Gasteiger partial charge on any atom is 0.408 e. The first-order chi connectivity index (χ1) is 18.9. The number of nitrogens with one attached hydrogen (secondary N) is 2. The molecule has 4 N–H and O–H groups in total. The number of primary amides is 1. The average Bonchev–Trinajstić information content (AvgIpc) is 2.85. The highest BCUT2D eigenvalue weighted by atomic mass is 16.6. The van der Waals surface area contributed by atoms with Gasteiger partial charge in [-0.2, -0.15) is 0 Å². The van der Waals surface area contributed by atoms with Crippen molar-refractivity contribution >= 4 is 29.5 Å². The molecule has 0 aromatic heterocycles. The summed E-state index contributed by atoms with van der Waals surface area (Å²) in [5, 5.41) is 5.57. The fraction of sp³-hybridized carbons (Fsp3) is 0.467. The van der Waals surface area contributed by atoms with Crippen molar-refractivity contribution in [2.24, 2.45) is 5.73 Å². The summed E-state index contributed by atoms with van der Waals surface area (Å²) in [6, 6.07) is 12.0. The fourth-order valence-corrected chi connectivity index (χ4v) is 4.55. The maximum atomic E-state index is 14.3. The van der Waals surface area contributed by atoms with Crippen LogP contribution in [-0.2, 0) is 19.1 Å². The van der Waals surface area contributed by atoms with Gasteiger partial charge in [0.2, 0.25) is 11.8 Å². The number of aryl methyl sites for hydroxylation is 1. The molecule has 0 radical (unpaired) electrons. The van der Waals surface area contributed by atoms with Crippen molar-refractivity contribution < 1.29 is 28.7 Å². The monoisotopic (exact) mass is 552 g/mol. The molecule has 2 aromatic carbocycles. The van der Waals surface area contributed by atoms with Gasteiger partial charge in [0.15, 0.2) is 0 Å². The molecule has 0 bridgehead atoms. The molecule has 2 atom stereocenters. The third-order valence-corrected chi connectivity index (χ3v) is 6.76. The zero-order chi connectivity index (χ0) is 29.4.